The van der Waals surface area contributed by atoms with E-state index in [-0.39, 0.29) is 11.2 Å². The molecule has 1 aromatic rings. The van der Waals surface area contributed by atoms with Crippen LogP contribution in [0.3, 0.4) is 0 Å². The molecule has 3 heteroatoms. The van der Waals surface area contributed by atoms with E-state index in [1.165, 1.54) is 12.1 Å². The zero-order valence-electron chi connectivity index (χ0n) is 10.2. The third kappa shape index (κ3) is 2.22. The van der Waals surface area contributed by atoms with Gasteiger partial charge in [-0.3, -0.25) is 0 Å². The SMILES string of the molecule is CC(O)(Cc1cccc(F)c1)C1(CN)CCC1. The van der Waals surface area contributed by atoms with Gasteiger partial charge in [0.05, 0.1) is 5.60 Å². The fourth-order valence-corrected chi connectivity index (χ4v) is 2.80. The number of halogens is 1. The quantitative estimate of drug-likeness (QED) is 0.843. The second-order valence-electron chi connectivity index (χ2n) is 5.42. The van der Waals surface area contributed by atoms with Gasteiger partial charge in [-0.25, -0.2) is 4.39 Å². The minimum atomic E-state index is -0.853. The summed E-state index contributed by atoms with van der Waals surface area (Å²) in [6.07, 6.45) is 3.51. The largest absolute Gasteiger partial charge is 0.389 e. The molecule has 3 N–H and O–H groups in total. The molecule has 0 aliphatic heterocycles. The monoisotopic (exact) mass is 237 g/mol. The molecule has 1 fully saturated rings. The average Bonchev–Trinajstić information content (AvgIpc) is 2.14. The van der Waals surface area contributed by atoms with Crippen LogP contribution in [0.25, 0.3) is 0 Å². The molecule has 0 spiro atoms. The first-order valence-electron chi connectivity index (χ1n) is 6.16. The first-order chi connectivity index (χ1) is 7.99. The summed E-state index contributed by atoms with van der Waals surface area (Å²) in [6.45, 7) is 2.32. The number of hydrogen-bond donors (Lipinski definition) is 2. The van der Waals surface area contributed by atoms with Crippen molar-refractivity contribution in [3.05, 3.63) is 35.6 Å². The molecular weight excluding hydrogens is 217 g/mol. The van der Waals surface area contributed by atoms with Crippen LogP contribution < -0.4 is 5.73 Å². The second-order valence-corrected chi connectivity index (χ2v) is 5.42. The fourth-order valence-electron chi connectivity index (χ4n) is 2.80. The Morgan fingerprint density at radius 1 is 1.47 bits per heavy atom. The molecule has 0 amide bonds. The van der Waals surface area contributed by atoms with Gasteiger partial charge in [0.25, 0.3) is 0 Å². The van der Waals surface area contributed by atoms with Crippen LogP contribution in [0.4, 0.5) is 4.39 Å². The predicted molar refractivity (Wildman–Crippen MR) is 66.1 cm³/mol. The summed E-state index contributed by atoms with van der Waals surface area (Å²) in [4.78, 5) is 0. The van der Waals surface area contributed by atoms with Gasteiger partial charge in [-0.1, -0.05) is 18.6 Å². The lowest BCUT2D eigenvalue weighted by Gasteiger charge is -2.51. The van der Waals surface area contributed by atoms with Gasteiger partial charge in [0.15, 0.2) is 0 Å². The topological polar surface area (TPSA) is 46.2 Å². The van der Waals surface area contributed by atoms with Crippen molar-refractivity contribution >= 4 is 0 Å². The summed E-state index contributed by atoms with van der Waals surface area (Å²) in [5.74, 6) is -0.256. The van der Waals surface area contributed by atoms with E-state index < -0.39 is 5.60 Å². The summed E-state index contributed by atoms with van der Waals surface area (Å²) in [5, 5.41) is 10.6. The van der Waals surface area contributed by atoms with Crippen molar-refractivity contribution in [1.82, 2.24) is 0 Å². The molecule has 0 saturated heterocycles. The lowest BCUT2D eigenvalue weighted by molar-refractivity contribution is -0.109. The Morgan fingerprint density at radius 3 is 2.65 bits per heavy atom. The van der Waals surface area contributed by atoms with Gasteiger partial charge >= 0.3 is 0 Å². The van der Waals surface area contributed by atoms with Crippen molar-refractivity contribution in [3.63, 3.8) is 0 Å². The molecule has 0 heterocycles. The molecule has 1 aliphatic carbocycles. The zero-order valence-corrected chi connectivity index (χ0v) is 10.2. The Bertz CT molecular complexity index is 393. The number of hydrogen-bond acceptors (Lipinski definition) is 2. The molecule has 1 saturated carbocycles. The maximum absolute atomic E-state index is 13.1. The molecule has 0 aromatic heterocycles. The molecule has 1 atom stereocenters. The molecule has 17 heavy (non-hydrogen) atoms. The Kier molecular flexibility index (Phi) is 3.23. The van der Waals surface area contributed by atoms with Gasteiger partial charge in [0, 0.05) is 18.4 Å². The van der Waals surface area contributed by atoms with Crippen molar-refractivity contribution in [2.45, 2.75) is 38.2 Å². The fraction of sp³-hybridized carbons (Fsp3) is 0.571. The lowest BCUT2D eigenvalue weighted by atomic mass is 9.58. The summed E-state index contributed by atoms with van der Waals surface area (Å²) in [5.41, 5.74) is 5.60. The molecule has 2 nitrogen and oxygen atoms in total. The number of rotatable bonds is 4. The highest BCUT2D eigenvalue weighted by Gasteiger charge is 2.49. The average molecular weight is 237 g/mol. The van der Waals surface area contributed by atoms with Gasteiger partial charge in [0.1, 0.15) is 5.82 Å². The Morgan fingerprint density at radius 2 is 2.18 bits per heavy atom. The minimum absolute atomic E-state index is 0.181. The summed E-state index contributed by atoms with van der Waals surface area (Å²) >= 11 is 0. The summed E-state index contributed by atoms with van der Waals surface area (Å²) in [7, 11) is 0. The van der Waals surface area contributed by atoms with E-state index in [9.17, 15) is 9.50 Å². The molecule has 1 aromatic carbocycles. The van der Waals surface area contributed by atoms with Crippen molar-refractivity contribution < 1.29 is 9.50 Å². The minimum Gasteiger partial charge on any atom is -0.389 e. The van der Waals surface area contributed by atoms with Crippen molar-refractivity contribution in [3.8, 4) is 0 Å². The van der Waals surface area contributed by atoms with Gasteiger partial charge in [-0.15, -0.1) is 0 Å². The van der Waals surface area contributed by atoms with Gasteiger partial charge in [0.2, 0.25) is 0 Å². The normalized spacial score (nSPS) is 21.6. The van der Waals surface area contributed by atoms with Crippen LogP contribution in [0.2, 0.25) is 0 Å². The van der Waals surface area contributed by atoms with Gasteiger partial charge < -0.3 is 10.8 Å². The van der Waals surface area contributed by atoms with E-state index in [1.54, 1.807) is 6.07 Å². The Balaban J connectivity index is 2.16. The third-order valence-electron chi connectivity index (χ3n) is 4.28. The van der Waals surface area contributed by atoms with Crippen LogP contribution in [0.1, 0.15) is 31.7 Å². The number of benzene rings is 1. The zero-order chi connectivity index (χ0) is 12.5. The molecule has 0 radical (unpaired) electrons. The van der Waals surface area contributed by atoms with Crippen molar-refractivity contribution in [2.24, 2.45) is 11.1 Å². The van der Waals surface area contributed by atoms with Crippen LogP contribution >= 0.6 is 0 Å². The first-order valence-corrected chi connectivity index (χ1v) is 6.16. The molecule has 1 aliphatic rings. The summed E-state index contributed by atoms with van der Waals surface area (Å²) < 4.78 is 13.1. The first kappa shape index (κ1) is 12.5. The van der Waals surface area contributed by atoms with E-state index in [0.717, 1.165) is 24.8 Å². The molecule has 94 valence electrons. The summed E-state index contributed by atoms with van der Waals surface area (Å²) in [6, 6.07) is 6.43. The van der Waals surface area contributed by atoms with Crippen LogP contribution in [0.5, 0.6) is 0 Å². The third-order valence-corrected chi connectivity index (χ3v) is 4.28. The number of aliphatic hydroxyl groups is 1. The number of nitrogens with two attached hydrogens (primary N) is 1. The smallest absolute Gasteiger partial charge is 0.123 e. The van der Waals surface area contributed by atoms with Crippen LogP contribution in [-0.4, -0.2) is 17.3 Å². The molecular formula is C14H20FNO. The van der Waals surface area contributed by atoms with E-state index in [0.29, 0.717) is 13.0 Å². The Labute approximate surface area is 102 Å². The van der Waals surface area contributed by atoms with Crippen LogP contribution in [0.15, 0.2) is 24.3 Å². The second kappa shape index (κ2) is 4.39. The van der Waals surface area contributed by atoms with E-state index in [2.05, 4.69) is 0 Å². The van der Waals surface area contributed by atoms with Crippen LogP contribution in [0, 0.1) is 11.2 Å². The standard InChI is InChI=1S/C14H20FNO/c1-13(17,14(10-16)6-3-7-14)9-11-4-2-5-12(15)8-11/h2,4-5,8,17H,3,6-7,9-10,16H2,1H3. The highest BCUT2D eigenvalue weighted by Crippen LogP contribution is 2.49. The van der Waals surface area contributed by atoms with Crippen molar-refractivity contribution in [1.29, 1.82) is 0 Å². The van der Waals surface area contributed by atoms with Crippen LogP contribution in [-0.2, 0) is 6.42 Å². The maximum atomic E-state index is 13.1. The van der Waals surface area contributed by atoms with Gasteiger partial charge in [-0.2, -0.15) is 0 Å². The highest BCUT2D eigenvalue weighted by atomic mass is 19.1. The van der Waals surface area contributed by atoms with Crippen molar-refractivity contribution in [2.75, 3.05) is 6.54 Å². The molecule has 2 rings (SSSR count). The molecule has 1 unspecified atom stereocenters. The van der Waals surface area contributed by atoms with E-state index in [4.69, 9.17) is 5.73 Å². The van der Waals surface area contributed by atoms with E-state index >= 15 is 0 Å². The van der Waals surface area contributed by atoms with E-state index in [1.807, 2.05) is 13.0 Å². The lowest BCUT2D eigenvalue weighted by Crippen LogP contribution is -2.56. The van der Waals surface area contributed by atoms with Gasteiger partial charge in [-0.05, 0) is 37.5 Å². The highest BCUT2D eigenvalue weighted by molar-refractivity contribution is 5.20. The maximum Gasteiger partial charge on any atom is 0.123 e. The Hall–Kier alpha value is -0.930. The predicted octanol–water partition coefficient (Wildman–Crippen LogP) is 2.25. The molecule has 0 bridgehead atoms.